The minimum absolute atomic E-state index is 1.14. The maximum absolute atomic E-state index is 2.22. The van der Waals surface area contributed by atoms with Crippen molar-refractivity contribution in [1.82, 2.24) is 0 Å². The van der Waals surface area contributed by atoms with Crippen molar-refractivity contribution in [2.24, 2.45) is 0 Å². The highest BCUT2D eigenvalue weighted by molar-refractivity contribution is 5.20. The van der Waals surface area contributed by atoms with E-state index in [-0.39, 0.29) is 0 Å². The molecule has 66 valence electrons. The lowest BCUT2D eigenvalue weighted by Gasteiger charge is -1.94. The van der Waals surface area contributed by atoms with Crippen molar-refractivity contribution >= 4 is 0 Å². The Morgan fingerprint density at radius 2 is 1.64 bits per heavy atom. The van der Waals surface area contributed by atoms with Crippen LogP contribution >= 0.6 is 0 Å². The Balaban J connectivity index is 0. The normalized spacial score (nSPS) is 9.82. The van der Waals surface area contributed by atoms with E-state index in [0.29, 0.717) is 0 Å². The molecule has 0 aliphatic heterocycles. The molecule has 11 heavy (non-hydrogen) atoms. The molecule has 0 amide bonds. The summed E-state index contributed by atoms with van der Waals surface area (Å²) in [5.41, 5.74) is 2.81. The summed E-state index contributed by atoms with van der Waals surface area (Å²) in [7, 11) is 0. The van der Waals surface area contributed by atoms with Crippen LogP contribution < -0.4 is 0 Å². The van der Waals surface area contributed by atoms with Crippen molar-refractivity contribution in [2.45, 2.75) is 48.0 Å². The SMILES string of the molecule is C/C=C(\C=C(C)C)CC.CC. The summed E-state index contributed by atoms with van der Waals surface area (Å²) in [4.78, 5) is 0. The molecule has 0 aromatic heterocycles. The topological polar surface area (TPSA) is 0 Å². The number of hydrogen-bond donors (Lipinski definition) is 0. The molecule has 0 bridgehead atoms. The van der Waals surface area contributed by atoms with Gasteiger partial charge in [0.25, 0.3) is 0 Å². The molecule has 0 saturated heterocycles. The lowest BCUT2D eigenvalue weighted by atomic mass is 10.1. The molecule has 0 N–H and O–H groups in total. The van der Waals surface area contributed by atoms with E-state index in [1.807, 2.05) is 13.8 Å². The first-order valence-corrected chi connectivity index (χ1v) is 4.50. The molecule has 0 atom stereocenters. The van der Waals surface area contributed by atoms with Gasteiger partial charge in [-0.25, -0.2) is 0 Å². The molecule has 0 saturated carbocycles. The molecule has 0 unspecified atom stereocenters. The summed E-state index contributed by atoms with van der Waals surface area (Å²) in [5.74, 6) is 0. The van der Waals surface area contributed by atoms with Crippen molar-refractivity contribution in [3.8, 4) is 0 Å². The predicted molar refractivity (Wildman–Crippen MR) is 54.8 cm³/mol. The Morgan fingerprint density at radius 3 is 1.73 bits per heavy atom. The highest BCUT2D eigenvalue weighted by Crippen LogP contribution is 2.04. The lowest BCUT2D eigenvalue weighted by molar-refractivity contribution is 1.13. The van der Waals surface area contributed by atoms with Crippen LogP contribution in [0.15, 0.2) is 23.3 Å². The minimum atomic E-state index is 1.14. The van der Waals surface area contributed by atoms with E-state index in [2.05, 4.69) is 39.8 Å². The second kappa shape index (κ2) is 9.48. The highest BCUT2D eigenvalue weighted by Gasteiger charge is 1.84. The van der Waals surface area contributed by atoms with Gasteiger partial charge in [-0.05, 0) is 27.2 Å². The van der Waals surface area contributed by atoms with Gasteiger partial charge < -0.3 is 0 Å². The maximum atomic E-state index is 2.22. The summed E-state index contributed by atoms with van der Waals surface area (Å²) >= 11 is 0. The van der Waals surface area contributed by atoms with E-state index in [0.717, 1.165) is 6.42 Å². The van der Waals surface area contributed by atoms with Gasteiger partial charge in [0.05, 0.1) is 0 Å². The molecule has 0 nitrogen and oxygen atoms in total. The minimum Gasteiger partial charge on any atom is -0.0845 e. The molecule has 0 spiro atoms. The fourth-order valence-electron chi connectivity index (χ4n) is 0.760. The average Bonchev–Trinajstić information content (AvgIpc) is 2.03. The molecule has 0 heteroatoms. The lowest BCUT2D eigenvalue weighted by Crippen LogP contribution is -1.73. The maximum Gasteiger partial charge on any atom is -0.0311 e. The third-order valence-electron chi connectivity index (χ3n) is 1.25. The van der Waals surface area contributed by atoms with Gasteiger partial charge in [0.15, 0.2) is 0 Å². The molecule has 0 aromatic rings. The molecule has 0 aromatic carbocycles. The van der Waals surface area contributed by atoms with Crippen molar-refractivity contribution < 1.29 is 0 Å². The fourth-order valence-corrected chi connectivity index (χ4v) is 0.760. The second-order valence-corrected chi connectivity index (χ2v) is 2.44. The Bertz CT molecular complexity index is 123. The number of rotatable bonds is 2. The summed E-state index contributed by atoms with van der Waals surface area (Å²) in [5, 5.41) is 0. The summed E-state index contributed by atoms with van der Waals surface area (Å²) < 4.78 is 0. The molecule has 0 aliphatic carbocycles. The first-order chi connectivity index (χ1) is 5.20. The van der Waals surface area contributed by atoms with E-state index < -0.39 is 0 Å². The van der Waals surface area contributed by atoms with Crippen LogP contribution in [-0.2, 0) is 0 Å². The van der Waals surface area contributed by atoms with E-state index in [9.17, 15) is 0 Å². The number of allylic oxidation sites excluding steroid dienone is 4. The molecule has 0 rings (SSSR count). The van der Waals surface area contributed by atoms with Crippen LogP contribution in [0.25, 0.3) is 0 Å². The molecular formula is C11H22. The molecule has 0 aliphatic rings. The fraction of sp³-hybridized carbons (Fsp3) is 0.636. The molecule has 0 radical (unpaired) electrons. The van der Waals surface area contributed by atoms with Crippen molar-refractivity contribution in [3.05, 3.63) is 23.3 Å². The molecule has 0 heterocycles. The quantitative estimate of drug-likeness (QED) is 0.519. The largest absolute Gasteiger partial charge is 0.0845 e. The average molecular weight is 154 g/mol. The third kappa shape index (κ3) is 9.48. The Morgan fingerprint density at radius 1 is 1.18 bits per heavy atom. The van der Waals surface area contributed by atoms with E-state index >= 15 is 0 Å². The molecule has 0 fully saturated rings. The van der Waals surface area contributed by atoms with Crippen LogP contribution in [0.2, 0.25) is 0 Å². The second-order valence-electron chi connectivity index (χ2n) is 2.44. The van der Waals surface area contributed by atoms with Gasteiger partial charge >= 0.3 is 0 Å². The first-order valence-electron chi connectivity index (χ1n) is 4.50. The van der Waals surface area contributed by atoms with Crippen LogP contribution in [0.5, 0.6) is 0 Å². The van der Waals surface area contributed by atoms with Gasteiger partial charge in [0, 0.05) is 0 Å². The van der Waals surface area contributed by atoms with Gasteiger partial charge in [0.1, 0.15) is 0 Å². The van der Waals surface area contributed by atoms with Gasteiger partial charge in [-0.1, -0.05) is 44.1 Å². The van der Waals surface area contributed by atoms with Crippen LogP contribution in [0, 0.1) is 0 Å². The Hall–Kier alpha value is -0.520. The van der Waals surface area contributed by atoms with Crippen molar-refractivity contribution in [1.29, 1.82) is 0 Å². The Kier molecular flexibility index (Phi) is 11.3. The van der Waals surface area contributed by atoms with Crippen LogP contribution in [-0.4, -0.2) is 0 Å². The van der Waals surface area contributed by atoms with Gasteiger partial charge in [-0.2, -0.15) is 0 Å². The summed E-state index contributed by atoms with van der Waals surface area (Å²) in [6.07, 6.45) is 5.52. The zero-order valence-corrected chi connectivity index (χ0v) is 8.86. The zero-order valence-electron chi connectivity index (χ0n) is 8.86. The Labute approximate surface area is 72.0 Å². The smallest absolute Gasteiger partial charge is 0.0311 e. The van der Waals surface area contributed by atoms with Crippen LogP contribution in [0.1, 0.15) is 48.0 Å². The third-order valence-corrected chi connectivity index (χ3v) is 1.25. The summed E-state index contributed by atoms with van der Waals surface area (Å²) in [6.45, 7) is 12.5. The van der Waals surface area contributed by atoms with E-state index in [1.165, 1.54) is 11.1 Å². The zero-order chi connectivity index (χ0) is 9.28. The number of hydrogen-bond acceptors (Lipinski definition) is 0. The summed E-state index contributed by atoms with van der Waals surface area (Å²) in [6, 6.07) is 0. The van der Waals surface area contributed by atoms with Gasteiger partial charge in [-0.3, -0.25) is 0 Å². The monoisotopic (exact) mass is 154 g/mol. The van der Waals surface area contributed by atoms with Crippen LogP contribution in [0.3, 0.4) is 0 Å². The standard InChI is InChI=1S/C9H16.C2H6/c1-5-9(6-2)7-8(3)4;1-2/h5,7H,6H2,1-4H3;1-2H3/b9-5-;. The molecular weight excluding hydrogens is 132 g/mol. The predicted octanol–water partition coefficient (Wildman–Crippen LogP) is 4.34. The van der Waals surface area contributed by atoms with Crippen molar-refractivity contribution in [3.63, 3.8) is 0 Å². The van der Waals surface area contributed by atoms with Gasteiger partial charge in [0.2, 0.25) is 0 Å². The first kappa shape index (κ1) is 13.1. The van der Waals surface area contributed by atoms with Gasteiger partial charge in [-0.15, -0.1) is 0 Å². The van der Waals surface area contributed by atoms with E-state index in [4.69, 9.17) is 0 Å². The van der Waals surface area contributed by atoms with Crippen LogP contribution in [0.4, 0.5) is 0 Å². The highest BCUT2D eigenvalue weighted by atomic mass is 13.9. The van der Waals surface area contributed by atoms with E-state index in [1.54, 1.807) is 0 Å². The van der Waals surface area contributed by atoms with Crippen molar-refractivity contribution in [2.75, 3.05) is 0 Å².